The highest BCUT2D eigenvalue weighted by Gasteiger charge is 2.08. The van der Waals surface area contributed by atoms with Crippen molar-refractivity contribution in [2.75, 3.05) is 0 Å². The van der Waals surface area contributed by atoms with Gasteiger partial charge in [-0.2, -0.15) is 5.26 Å². The van der Waals surface area contributed by atoms with E-state index in [9.17, 15) is 0 Å². The van der Waals surface area contributed by atoms with Crippen LogP contribution in [0.25, 0.3) is 11.5 Å². The molecule has 0 aliphatic heterocycles. The first-order valence-electron chi connectivity index (χ1n) is 4.75. The molecule has 0 aliphatic carbocycles. The number of hydrogen-bond donors (Lipinski definition) is 0. The fourth-order valence-corrected chi connectivity index (χ4v) is 1.45. The van der Waals surface area contributed by atoms with Gasteiger partial charge in [0.2, 0.25) is 11.8 Å². The predicted molar refractivity (Wildman–Crippen MR) is 58.7 cm³/mol. The minimum absolute atomic E-state index is 0.372. The van der Waals surface area contributed by atoms with Crippen LogP contribution in [0.2, 0.25) is 5.02 Å². The van der Waals surface area contributed by atoms with Gasteiger partial charge < -0.3 is 4.42 Å². The van der Waals surface area contributed by atoms with Crippen LogP contribution in [0.4, 0.5) is 0 Å². The Morgan fingerprint density at radius 2 is 2.25 bits per heavy atom. The maximum atomic E-state index is 8.43. The number of aryl methyl sites for hydroxylation is 1. The van der Waals surface area contributed by atoms with Gasteiger partial charge in [0, 0.05) is 23.4 Å². The monoisotopic (exact) mass is 233 g/mol. The van der Waals surface area contributed by atoms with Crippen LogP contribution < -0.4 is 0 Å². The number of benzene rings is 1. The lowest BCUT2D eigenvalue weighted by Crippen LogP contribution is -1.82. The third kappa shape index (κ3) is 2.38. The van der Waals surface area contributed by atoms with Gasteiger partial charge in [-0.15, -0.1) is 10.2 Å². The fourth-order valence-electron chi connectivity index (χ4n) is 1.26. The first-order chi connectivity index (χ1) is 7.79. The number of aromatic nitrogens is 2. The highest BCUT2D eigenvalue weighted by molar-refractivity contribution is 6.30. The van der Waals surface area contributed by atoms with Crippen LogP contribution in [0.5, 0.6) is 0 Å². The lowest BCUT2D eigenvalue weighted by Gasteiger charge is -1.94. The van der Waals surface area contributed by atoms with Crippen LogP contribution in [0.1, 0.15) is 12.3 Å². The van der Waals surface area contributed by atoms with Gasteiger partial charge in [-0.25, -0.2) is 0 Å². The van der Waals surface area contributed by atoms with Gasteiger partial charge in [-0.1, -0.05) is 17.7 Å². The molecule has 80 valence electrons. The second-order valence-electron chi connectivity index (χ2n) is 3.17. The molecule has 0 saturated heterocycles. The number of rotatable bonds is 3. The first-order valence-corrected chi connectivity index (χ1v) is 5.12. The molecule has 0 N–H and O–H groups in total. The van der Waals surface area contributed by atoms with E-state index >= 15 is 0 Å². The summed E-state index contributed by atoms with van der Waals surface area (Å²) in [7, 11) is 0. The van der Waals surface area contributed by atoms with Crippen molar-refractivity contribution in [3.63, 3.8) is 0 Å². The van der Waals surface area contributed by atoms with Gasteiger partial charge in [-0.3, -0.25) is 0 Å². The number of hydrogen-bond acceptors (Lipinski definition) is 4. The quantitative estimate of drug-likeness (QED) is 0.818. The van der Waals surface area contributed by atoms with Gasteiger partial charge >= 0.3 is 0 Å². The summed E-state index contributed by atoms with van der Waals surface area (Å²) in [4.78, 5) is 0. The van der Waals surface area contributed by atoms with E-state index in [0.717, 1.165) is 5.56 Å². The Balaban J connectivity index is 2.22. The molecule has 5 heteroatoms. The van der Waals surface area contributed by atoms with Gasteiger partial charge in [0.25, 0.3) is 0 Å². The molecule has 1 aromatic carbocycles. The van der Waals surface area contributed by atoms with Crippen molar-refractivity contribution < 1.29 is 4.42 Å². The molecule has 2 rings (SSSR count). The van der Waals surface area contributed by atoms with E-state index in [4.69, 9.17) is 21.3 Å². The van der Waals surface area contributed by atoms with Gasteiger partial charge in [0.1, 0.15) is 0 Å². The van der Waals surface area contributed by atoms with Crippen LogP contribution in [-0.4, -0.2) is 10.2 Å². The Hall–Kier alpha value is -1.86. The smallest absolute Gasteiger partial charge is 0.247 e. The molecule has 0 bridgehead atoms. The molecular weight excluding hydrogens is 226 g/mol. The Morgan fingerprint density at radius 3 is 3.00 bits per heavy atom. The molecule has 0 saturated carbocycles. The zero-order valence-electron chi connectivity index (χ0n) is 8.35. The largest absolute Gasteiger partial charge is 0.421 e. The molecule has 2 aromatic rings. The molecule has 1 aromatic heterocycles. The van der Waals surface area contributed by atoms with E-state index in [0.29, 0.717) is 29.6 Å². The van der Waals surface area contributed by atoms with E-state index in [-0.39, 0.29) is 0 Å². The average molecular weight is 234 g/mol. The van der Waals surface area contributed by atoms with Crippen LogP contribution in [0.15, 0.2) is 28.7 Å². The summed E-state index contributed by atoms with van der Waals surface area (Å²) in [6.07, 6.45) is 0.848. The zero-order valence-corrected chi connectivity index (χ0v) is 9.11. The second kappa shape index (κ2) is 4.77. The SMILES string of the molecule is N#CCCc1nnc(-c2cccc(Cl)c2)o1. The van der Waals surface area contributed by atoms with Crippen molar-refractivity contribution >= 4 is 11.6 Å². The van der Waals surface area contributed by atoms with Crippen molar-refractivity contribution in [2.24, 2.45) is 0 Å². The summed E-state index contributed by atoms with van der Waals surface area (Å²) in [5.74, 6) is 0.895. The van der Waals surface area contributed by atoms with Crippen molar-refractivity contribution in [1.29, 1.82) is 5.26 Å². The standard InChI is InChI=1S/C11H8ClN3O/c12-9-4-1-3-8(7-9)11-15-14-10(16-11)5-2-6-13/h1,3-4,7H,2,5H2. The minimum atomic E-state index is 0.372. The van der Waals surface area contributed by atoms with E-state index in [2.05, 4.69) is 10.2 Å². The van der Waals surface area contributed by atoms with Crippen molar-refractivity contribution in [3.05, 3.63) is 35.2 Å². The fraction of sp³-hybridized carbons (Fsp3) is 0.182. The van der Waals surface area contributed by atoms with Crippen molar-refractivity contribution in [3.8, 4) is 17.5 Å². The van der Waals surface area contributed by atoms with Gasteiger partial charge in [0.05, 0.1) is 6.07 Å². The van der Waals surface area contributed by atoms with Crippen LogP contribution >= 0.6 is 11.6 Å². The molecule has 0 radical (unpaired) electrons. The third-order valence-electron chi connectivity index (χ3n) is 1.99. The maximum absolute atomic E-state index is 8.43. The highest BCUT2D eigenvalue weighted by Crippen LogP contribution is 2.21. The summed E-state index contributed by atoms with van der Waals surface area (Å²) in [6, 6.07) is 9.21. The van der Waals surface area contributed by atoms with E-state index in [1.54, 1.807) is 12.1 Å². The normalized spacial score (nSPS) is 10.0. The van der Waals surface area contributed by atoms with E-state index < -0.39 is 0 Å². The molecule has 0 atom stereocenters. The maximum Gasteiger partial charge on any atom is 0.247 e. The summed E-state index contributed by atoms with van der Waals surface area (Å²) >= 11 is 5.85. The summed E-state index contributed by atoms with van der Waals surface area (Å²) in [6.45, 7) is 0. The Morgan fingerprint density at radius 1 is 1.38 bits per heavy atom. The molecule has 1 heterocycles. The summed E-state index contributed by atoms with van der Waals surface area (Å²) < 4.78 is 5.39. The van der Waals surface area contributed by atoms with Gasteiger partial charge in [0.15, 0.2) is 0 Å². The number of nitrogens with zero attached hydrogens (tertiary/aromatic N) is 3. The Bertz CT molecular complexity index is 530. The zero-order chi connectivity index (χ0) is 11.4. The van der Waals surface area contributed by atoms with E-state index in [1.807, 2.05) is 18.2 Å². The van der Waals surface area contributed by atoms with Crippen molar-refractivity contribution in [1.82, 2.24) is 10.2 Å². The Kier molecular flexibility index (Phi) is 3.18. The second-order valence-corrected chi connectivity index (χ2v) is 3.61. The van der Waals surface area contributed by atoms with E-state index in [1.165, 1.54) is 0 Å². The molecular formula is C11H8ClN3O. The van der Waals surface area contributed by atoms with Crippen LogP contribution in [0.3, 0.4) is 0 Å². The number of nitriles is 1. The predicted octanol–water partition coefficient (Wildman–Crippen LogP) is 2.85. The number of halogens is 1. The first kappa shape index (κ1) is 10.7. The molecule has 0 unspecified atom stereocenters. The topological polar surface area (TPSA) is 62.7 Å². The minimum Gasteiger partial charge on any atom is -0.421 e. The van der Waals surface area contributed by atoms with Crippen LogP contribution in [-0.2, 0) is 6.42 Å². The molecule has 16 heavy (non-hydrogen) atoms. The summed E-state index contributed by atoms with van der Waals surface area (Å²) in [5, 5.41) is 16.8. The third-order valence-corrected chi connectivity index (χ3v) is 2.22. The molecule has 0 fully saturated rings. The molecule has 0 spiro atoms. The molecule has 4 nitrogen and oxygen atoms in total. The average Bonchev–Trinajstić information content (AvgIpc) is 2.75. The summed E-state index contributed by atoms with van der Waals surface area (Å²) in [5.41, 5.74) is 0.781. The highest BCUT2D eigenvalue weighted by atomic mass is 35.5. The lowest BCUT2D eigenvalue weighted by molar-refractivity contribution is 0.507. The lowest BCUT2D eigenvalue weighted by atomic mass is 10.2. The Labute approximate surface area is 97.5 Å². The van der Waals surface area contributed by atoms with Gasteiger partial charge in [-0.05, 0) is 18.2 Å². The van der Waals surface area contributed by atoms with Crippen molar-refractivity contribution in [2.45, 2.75) is 12.8 Å². The molecule has 0 amide bonds. The van der Waals surface area contributed by atoms with Crippen LogP contribution in [0, 0.1) is 11.3 Å². The molecule has 0 aliphatic rings.